The molecular formula is C21H22N+. The van der Waals surface area contributed by atoms with E-state index in [0.717, 1.165) is 11.3 Å². The van der Waals surface area contributed by atoms with E-state index in [2.05, 4.69) is 38.1 Å². The van der Waals surface area contributed by atoms with E-state index in [1.54, 1.807) is 12.3 Å². The van der Waals surface area contributed by atoms with Crippen molar-refractivity contribution in [3.8, 4) is 22.4 Å². The molecule has 110 valence electrons. The minimum atomic E-state index is -2.09. The molecule has 0 fully saturated rings. The number of pyridine rings is 1. The second-order valence-electron chi connectivity index (χ2n) is 5.76. The van der Waals surface area contributed by atoms with Crippen LogP contribution in [0.5, 0.6) is 0 Å². The normalized spacial score (nSPS) is 13.3. The summed E-state index contributed by atoms with van der Waals surface area (Å²) in [5.74, 6) is 0. The lowest BCUT2D eigenvalue weighted by Gasteiger charge is -2.12. The summed E-state index contributed by atoms with van der Waals surface area (Å²) in [7, 11) is 1.89. The first-order valence-electron chi connectivity index (χ1n) is 8.94. The quantitative estimate of drug-likeness (QED) is 0.599. The summed E-state index contributed by atoms with van der Waals surface area (Å²) in [4.78, 5) is 0. The molecule has 0 saturated heterocycles. The third-order valence-electron chi connectivity index (χ3n) is 4.07. The number of hydrogen-bond acceptors (Lipinski definition) is 0. The summed E-state index contributed by atoms with van der Waals surface area (Å²) >= 11 is 0. The van der Waals surface area contributed by atoms with Crippen molar-refractivity contribution in [3.63, 3.8) is 0 Å². The molecule has 3 aromatic rings. The van der Waals surface area contributed by atoms with Crippen molar-refractivity contribution in [2.45, 2.75) is 20.7 Å². The van der Waals surface area contributed by atoms with Gasteiger partial charge < -0.3 is 0 Å². The van der Waals surface area contributed by atoms with Crippen LogP contribution in [0.25, 0.3) is 22.4 Å². The molecule has 3 rings (SSSR count). The second-order valence-corrected chi connectivity index (χ2v) is 5.76. The highest BCUT2D eigenvalue weighted by Gasteiger charge is 2.15. The van der Waals surface area contributed by atoms with Crippen molar-refractivity contribution in [1.82, 2.24) is 0 Å². The van der Waals surface area contributed by atoms with Crippen LogP contribution in [0.2, 0.25) is 0 Å². The molecule has 0 aliphatic rings. The Bertz CT molecular complexity index is 912. The van der Waals surface area contributed by atoms with Crippen molar-refractivity contribution in [3.05, 3.63) is 77.5 Å². The van der Waals surface area contributed by atoms with Crippen LogP contribution >= 0.6 is 0 Å². The van der Waals surface area contributed by atoms with E-state index in [1.807, 2.05) is 35.9 Å². The first kappa shape index (κ1) is 11.2. The number of nitrogens with zero attached hydrogens (tertiary/aromatic N) is 1. The predicted octanol–water partition coefficient (Wildman–Crippen LogP) is 4.77. The van der Waals surface area contributed by atoms with Gasteiger partial charge in [-0.2, -0.15) is 0 Å². The number of rotatable bonds is 2. The molecule has 0 bridgehead atoms. The maximum Gasteiger partial charge on any atom is 0.212 e. The first-order chi connectivity index (χ1) is 11.8. The Labute approximate surface area is 137 Å². The van der Waals surface area contributed by atoms with E-state index >= 15 is 0 Å². The summed E-state index contributed by atoms with van der Waals surface area (Å²) < 4.78 is 24.6. The monoisotopic (exact) mass is 291 g/mol. The van der Waals surface area contributed by atoms with Gasteiger partial charge in [0.2, 0.25) is 5.69 Å². The number of hydrogen-bond donors (Lipinski definition) is 0. The van der Waals surface area contributed by atoms with Crippen LogP contribution in [-0.2, 0) is 7.05 Å². The SMILES string of the molecule is [2H]C([2H])([2H])c1ccc(-c2cc(-c3ccccc3)c(C)cc2C)[n+](C)c1. The predicted molar refractivity (Wildman–Crippen MR) is 92.7 cm³/mol. The van der Waals surface area contributed by atoms with Gasteiger partial charge in [0.25, 0.3) is 0 Å². The van der Waals surface area contributed by atoms with E-state index < -0.39 is 6.85 Å². The Morgan fingerprint density at radius 3 is 2.27 bits per heavy atom. The molecule has 0 atom stereocenters. The number of aromatic nitrogens is 1. The molecule has 0 N–H and O–H groups in total. The molecular weight excluding hydrogens is 266 g/mol. The molecule has 0 aliphatic heterocycles. The lowest BCUT2D eigenvalue weighted by atomic mass is 9.93. The lowest BCUT2D eigenvalue weighted by Crippen LogP contribution is -2.31. The zero-order chi connectivity index (χ0) is 18.2. The van der Waals surface area contributed by atoms with E-state index in [4.69, 9.17) is 4.11 Å². The van der Waals surface area contributed by atoms with Gasteiger partial charge in [-0.1, -0.05) is 36.4 Å². The molecule has 0 spiro atoms. The minimum Gasteiger partial charge on any atom is -0.201 e. The molecule has 22 heavy (non-hydrogen) atoms. The van der Waals surface area contributed by atoms with E-state index in [-0.39, 0.29) is 0 Å². The fourth-order valence-corrected chi connectivity index (χ4v) is 2.94. The molecule has 2 aromatic carbocycles. The van der Waals surface area contributed by atoms with Gasteiger partial charge in [-0.15, -0.1) is 0 Å². The molecule has 1 aromatic heterocycles. The fraction of sp³-hybridized carbons (Fsp3) is 0.190. The van der Waals surface area contributed by atoms with Crippen LogP contribution in [0.1, 0.15) is 20.8 Å². The van der Waals surface area contributed by atoms with Crippen LogP contribution in [0.3, 0.4) is 0 Å². The van der Waals surface area contributed by atoms with Gasteiger partial charge in [-0.3, -0.25) is 0 Å². The zero-order valence-corrected chi connectivity index (χ0v) is 13.2. The summed E-state index contributed by atoms with van der Waals surface area (Å²) in [5.41, 5.74) is 7.26. The molecule has 0 amide bonds. The number of aryl methyl sites for hydroxylation is 4. The molecule has 0 unspecified atom stereocenters. The Morgan fingerprint density at radius 1 is 0.864 bits per heavy atom. The van der Waals surface area contributed by atoms with Gasteiger partial charge >= 0.3 is 0 Å². The maximum atomic E-state index is 7.58. The van der Waals surface area contributed by atoms with Crippen LogP contribution in [0.15, 0.2) is 60.8 Å². The standard InChI is InChI=1S/C21H22N/c1-15-10-11-21(22(4)14-15)20-13-19(16(2)12-17(20)3)18-8-6-5-7-9-18/h5-14H,1-4H3/q+1/i1D3. The Morgan fingerprint density at radius 2 is 1.59 bits per heavy atom. The molecule has 1 nitrogen and oxygen atoms in total. The van der Waals surface area contributed by atoms with Crippen LogP contribution in [0, 0.1) is 20.7 Å². The van der Waals surface area contributed by atoms with Crippen LogP contribution in [0.4, 0.5) is 0 Å². The highest BCUT2D eigenvalue weighted by Crippen LogP contribution is 2.30. The van der Waals surface area contributed by atoms with Gasteiger partial charge in [0, 0.05) is 21.3 Å². The maximum absolute atomic E-state index is 7.58. The smallest absolute Gasteiger partial charge is 0.201 e. The topological polar surface area (TPSA) is 3.88 Å². The van der Waals surface area contributed by atoms with Crippen LogP contribution in [-0.4, -0.2) is 0 Å². The summed E-state index contributed by atoms with van der Waals surface area (Å²) in [6.45, 7) is 2.12. The zero-order valence-electron chi connectivity index (χ0n) is 16.2. The molecule has 0 saturated carbocycles. The summed E-state index contributed by atoms with van der Waals surface area (Å²) in [5, 5.41) is 0. The van der Waals surface area contributed by atoms with E-state index in [1.165, 1.54) is 22.3 Å². The molecule has 1 heterocycles. The van der Waals surface area contributed by atoms with Crippen LogP contribution < -0.4 is 4.57 Å². The van der Waals surface area contributed by atoms with Crippen molar-refractivity contribution in [2.75, 3.05) is 0 Å². The number of benzene rings is 2. The van der Waals surface area contributed by atoms with Gasteiger partial charge in [-0.25, -0.2) is 4.57 Å². The lowest BCUT2D eigenvalue weighted by molar-refractivity contribution is -0.660. The Kier molecular flexibility index (Phi) is 2.93. The van der Waals surface area contributed by atoms with E-state index in [9.17, 15) is 0 Å². The molecule has 1 heteroatoms. The first-order valence-corrected chi connectivity index (χ1v) is 7.44. The van der Waals surface area contributed by atoms with Crippen molar-refractivity contribution in [2.24, 2.45) is 7.05 Å². The second kappa shape index (κ2) is 5.76. The minimum absolute atomic E-state index is 0.354. The van der Waals surface area contributed by atoms with Crippen molar-refractivity contribution >= 4 is 0 Å². The highest BCUT2D eigenvalue weighted by molar-refractivity contribution is 5.75. The van der Waals surface area contributed by atoms with Crippen molar-refractivity contribution < 1.29 is 8.68 Å². The summed E-state index contributed by atoms with van der Waals surface area (Å²) in [6, 6.07) is 18.3. The van der Waals surface area contributed by atoms with E-state index in [0.29, 0.717) is 5.56 Å². The highest BCUT2D eigenvalue weighted by atomic mass is 14.9. The Hall–Kier alpha value is -2.41. The van der Waals surface area contributed by atoms with Gasteiger partial charge in [-0.05, 0) is 55.1 Å². The third-order valence-corrected chi connectivity index (χ3v) is 4.07. The van der Waals surface area contributed by atoms with Gasteiger partial charge in [0.05, 0.1) is 0 Å². The Balaban J connectivity index is 2.15. The average Bonchev–Trinajstić information content (AvgIpc) is 2.55. The average molecular weight is 291 g/mol. The van der Waals surface area contributed by atoms with Gasteiger partial charge in [0.1, 0.15) is 7.05 Å². The van der Waals surface area contributed by atoms with Crippen molar-refractivity contribution in [1.29, 1.82) is 0 Å². The summed E-state index contributed by atoms with van der Waals surface area (Å²) in [6.07, 6.45) is 1.70. The molecule has 0 radical (unpaired) electrons. The third kappa shape index (κ3) is 2.67. The van der Waals surface area contributed by atoms with Gasteiger partial charge in [0.15, 0.2) is 6.20 Å². The molecule has 0 aliphatic carbocycles. The fourth-order valence-electron chi connectivity index (χ4n) is 2.94. The largest absolute Gasteiger partial charge is 0.212 e.